The van der Waals surface area contributed by atoms with Crippen LogP contribution in [0.2, 0.25) is 0 Å². The molecule has 0 saturated carbocycles. The summed E-state index contributed by atoms with van der Waals surface area (Å²) in [7, 11) is 1.67. The van der Waals surface area contributed by atoms with Gasteiger partial charge in [0, 0.05) is 39.6 Å². The fraction of sp³-hybridized carbons (Fsp3) is 0.600. The number of carbonyl (C=O) groups excluding carboxylic acids is 1. The van der Waals surface area contributed by atoms with Gasteiger partial charge in [-0.25, -0.2) is 0 Å². The van der Waals surface area contributed by atoms with Crippen LogP contribution in [0.5, 0.6) is 5.75 Å². The molecule has 0 aromatic heterocycles. The minimum atomic E-state index is -0.0318. The van der Waals surface area contributed by atoms with Crippen LogP contribution >= 0.6 is 24.0 Å². The van der Waals surface area contributed by atoms with E-state index >= 15 is 0 Å². The third kappa shape index (κ3) is 9.18. The van der Waals surface area contributed by atoms with Crippen molar-refractivity contribution >= 4 is 35.8 Å². The molecule has 164 valence electrons. The van der Waals surface area contributed by atoms with Gasteiger partial charge in [0.25, 0.3) is 0 Å². The van der Waals surface area contributed by atoms with Gasteiger partial charge in [0.2, 0.25) is 5.91 Å². The first-order valence-electron chi connectivity index (χ1n) is 9.86. The van der Waals surface area contributed by atoms with Gasteiger partial charge in [0.1, 0.15) is 5.75 Å². The highest BCUT2D eigenvalue weighted by Gasteiger charge is 2.22. The number of rotatable bonds is 9. The molecule has 1 unspecified atom stereocenters. The number of amides is 1. The number of morpholine rings is 1. The Bertz CT molecular complexity index is 621. The van der Waals surface area contributed by atoms with E-state index < -0.39 is 0 Å². The van der Waals surface area contributed by atoms with Crippen LogP contribution in [-0.2, 0) is 9.53 Å². The van der Waals surface area contributed by atoms with Crippen LogP contribution in [0.3, 0.4) is 0 Å². The first kappa shape index (κ1) is 25.4. The van der Waals surface area contributed by atoms with Crippen molar-refractivity contribution in [1.29, 1.82) is 0 Å². The number of ether oxygens (including phenoxy) is 2. The zero-order valence-corrected chi connectivity index (χ0v) is 19.9. The minimum absolute atomic E-state index is 0. The Morgan fingerprint density at radius 3 is 2.41 bits per heavy atom. The molecule has 0 bridgehead atoms. The first-order chi connectivity index (χ1) is 13.6. The fourth-order valence-electron chi connectivity index (χ4n) is 3.09. The smallest absolute Gasteiger partial charge is 0.216 e. The van der Waals surface area contributed by atoms with Crippen LogP contribution in [0.4, 0.5) is 0 Å². The third-order valence-electron chi connectivity index (χ3n) is 4.54. The highest BCUT2D eigenvalue weighted by atomic mass is 127. The van der Waals surface area contributed by atoms with Gasteiger partial charge in [-0.15, -0.1) is 24.0 Å². The zero-order chi connectivity index (χ0) is 20.2. The number of aliphatic imine (C=N–C) groups is 1. The number of nitrogens with zero attached hydrogens (tertiary/aromatic N) is 2. The average Bonchev–Trinajstić information content (AvgIpc) is 2.72. The standard InChI is InChI=1S/C20H33N5O3.HI/c1-4-21-20(23-10-9-22-16(2)26)24-15-19(25-11-13-28-14-12-25)17-5-7-18(27-3)8-6-17;/h5-8,19H,4,9-15H2,1-3H3,(H,22,26)(H2,21,23,24);1H. The summed E-state index contributed by atoms with van der Waals surface area (Å²) < 4.78 is 10.8. The van der Waals surface area contributed by atoms with Crippen molar-refractivity contribution in [1.82, 2.24) is 20.9 Å². The number of carbonyl (C=O) groups is 1. The van der Waals surface area contributed by atoms with Crippen molar-refractivity contribution in [2.75, 3.05) is 59.6 Å². The molecule has 1 aliphatic heterocycles. The number of halogens is 1. The summed E-state index contributed by atoms with van der Waals surface area (Å²) >= 11 is 0. The van der Waals surface area contributed by atoms with E-state index in [0.29, 0.717) is 19.6 Å². The highest BCUT2D eigenvalue weighted by molar-refractivity contribution is 14.0. The van der Waals surface area contributed by atoms with Crippen LogP contribution in [0.15, 0.2) is 29.3 Å². The molecular weight excluding hydrogens is 485 g/mol. The lowest BCUT2D eigenvalue weighted by molar-refractivity contribution is -0.118. The Kier molecular flexibility index (Phi) is 12.6. The van der Waals surface area contributed by atoms with Crippen molar-refractivity contribution in [2.45, 2.75) is 19.9 Å². The molecule has 9 heteroatoms. The Morgan fingerprint density at radius 2 is 1.83 bits per heavy atom. The molecule has 2 rings (SSSR count). The third-order valence-corrected chi connectivity index (χ3v) is 4.54. The number of methoxy groups -OCH3 is 1. The van der Waals surface area contributed by atoms with Crippen LogP contribution in [0, 0.1) is 0 Å². The summed E-state index contributed by atoms with van der Waals surface area (Å²) in [5.41, 5.74) is 1.21. The number of guanidine groups is 1. The number of benzene rings is 1. The van der Waals surface area contributed by atoms with Crippen molar-refractivity contribution in [2.24, 2.45) is 4.99 Å². The molecule has 1 atom stereocenters. The average molecular weight is 519 g/mol. The van der Waals surface area contributed by atoms with Crippen LogP contribution in [-0.4, -0.2) is 76.4 Å². The molecule has 1 aliphatic rings. The maximum Gasteiger partial charge on any atom is 0.216 e. The van der Waals surface area contributed by atoms with Gasteiger partial charge in [0.05, 0.1) is 32.9 Å². The van der Waals surface area contributed by atoms with E-state index in [-0.39, 0.29) is 35.9 Å². The molecule has 1 saturated heterocycles. The second-order valence-electron chi connectivity index (χ2n) is 6.57. The molecule has 29 heavy (non-hydrogen) atoms. The summed E-state index contributed by atoms with van der Waals surface area (Å²) in [6, 6.07) is 8.35. The second-order valence-corrected chi connectivity index (χ2v) is 6.57. The van der Waals surface area contributed by atoms with E-state index in [4.69, 9.17) is 14.5 Å². The summed E-state index contributed by atoms with van der Waals surface area (Å²) in [4.78, 5) is 18.2. The molecule has 1 heterocycles. The Morgan fingerprint density at radius 1 is 1.17 bits per heavy atom. The van der Waals surface area contributed by atoms with Crippen molar-refractivity contribution in [3.8, 4) is 5.75 Å². The fourth-order valence-corrected chi connectivity index (χ4v) is 3.09. The summed E-state index contributed by atoms with van der Waals surface area (Å²) in [6.07, 6.45) is 0. The zero-order valence-electron chi connectivity index (χ0n) is 17.6. The van der Waals surface area contributed by atoms with Gasteiger partial charge in [0.15, 0.2) is 5.96 Å². The molecule has 1 aromatic carbocycles. The first-order valence-corrected chi connectivity index (χ1v) is 9.86. The lowest BCUT2D eigenvalue weighted by atomic mass is 10.0. The molecule has 8 nitrogen and oxygen atoms in total. The monoisotopic (exact) mass is 519 g/mol. The van der Waals surface area contributed by atoms with E-state index in [0.717, 1.165) is 44.6 Å². The molecular formula is C20H34IN5O3. The number of hydrogen-bond donors (Lipinski definition) is 3. The molecule has 0 radical (unpaired) electrons. The topological polar surface area (TPSA) is 87.2 Å². The molecule has 0 aliphatic carbocycles. The van der Waals surface area contributed by atoms with E-state index in [9.17, 15) is 4.79 Å². The minimum Gasteiger partial charge on any atom is -0.497 e. The summed E-state index contributed by atoms with van der Waals surface area (Å²) in [5.74, 6) is 1.57. The van der Waals surface area contributed by atoms with Gasteiger partial charge in [-0.2, -0.15) is 0 Å². The molecule has 1 amide bonds. The quantitative estimate of drug-likeness (QED) is 0.198. The van der Waals surface area contributed by atoms with Crippen LogP contribution < -0.4 is 20.7 Å². The van der Waals surface area contributed by atoms with Crippen LogP contribution in [0.1, 0.15) is 25.5 Å². The van der Waals surface area contributed by atoms with Gasteiger partial charge < -0.3 is 25.4 Å². The SMILES string of the molecule is CCNC(=NCC(c1ccc(OC)cc1)N1CCOCC1)NCCNC(C)=O.I. The Labute approximate surface area is 190 Å². The van der Waals surface area contributed by atoms with E-state index in [1.54, 1.807) is 7.11 Å². The van der Waals surface area contributed by atoms with Crippen molar-refractivity contribution in [3.63, 3.8) is 0 Å². The predicted octanol–water partition coefficient (Wildman–Crippen LogP) is 1.38. The lowest BCUT2D eigenvalue weighted by Crippen LogP contribution is -2.43. The Hall–Kier alpha value is -1.59. The lowest BCUT2D eigenvalue weighted by Gasteiger charge is -2.34. The highest BCUT2D eigenvalue weighted by Crippen LogP contribution is 2.24. The largest absolute Gasteiger partial charge is 0.497 e. The predicted molar refractivity (Wildman–Crippen MR) is 126 cm³/mol. The number of hydrogen-bond acceptors (Lipinski definition) is 5. The van der Waals surface area contributed by atoms with E-state index in [1.165, 1.54) is 12.5 Å². The Balaban J connectivity index is 0.00000420. The second kappa shape index (κ2) is 14.4. The summed E-state index contributed by atoms with van der Waals surface area (Å²) in [6.45, 7) is 9.39. The normalized spacial score (nSPS) is 15.8. The van der Waals surface area contributed by atoms with E-state index in [1.807, 2.05) is 19.1 Å². The van der Waals surface area contributed by atoms with Crippen molar-refractivity contribution in [3.05, 3.63) is 29.8 Å². The molecule has 3 N–H and O–H groups in total. The number of nitrogens with one attached hydrogen (secondary N) is 3. The maximum absolute atomic E-state index is 11.0. The summed E-state index contributed by atoms with van der Waals surface area (Å²) in [5, 5.41) is 9.30. The molecule has 0 spiro atoms. The maximum atomic E-state index is 11.0. The van der Waals surface area contributed by atoms with Gasteiger partial charge in [-0.1, -0.05) is 12.1 Å². The van der Waals surface area contributed by atoms with Crippen LogP contribution in [0.25, 0.3) is 0 Å². The van der Waals surface area contributed by atoms with E-state index in [2.05, 4.69) is 33.0 Å². The van der Waals surface area contributed by atoms with Gasteiger partial charge >= 0.3 is 0 Å². The molecule has 1 aromatic rings. The van der Waals surface area contributed by atoms with Gasteiger partial charge in [-0.3, -0.25) is 14.7 Å². The molecule has 1 fully saturated rings. The van der Waals surface area contributed by atoms with Gasteiger partial charge in [-0.05, 0) is 24.6 Å². The van der Waals surface area contributed by atoms with Crippen molar-refractivity contribution < 1.29 is 14.3 Å².